The largest absolute Gasteiger partial charge is 0.127 e. The van der Waals surface area contributed by atoms with E-state index in [1.807, 2.05) is 37.3 Å². The first-order valence-electron chi connectivity index (χ1n) is 4.72. The summed E-state index contributed by atoms with van der Waals surface area (Å²) in [5.41, 5.74) is 2.11. The van der Waals surface area contributed by atoms with Crippen LogP contribution >= 0.6 is 46.1 Å². The SMILES string of the molecule is Cc1cc(Cl)cc(C(Cl)c2ccc(Cl)s2)c1. The third-order valence-corrected chi connectivity index (χ3v) is 4.33. The molecular formula is C12H9Cl3S. The fraction of sp³-hybridized carbons (Fsp3) is 0.167. The lowest BCUT2D eigenvalue weighted by Gasteiger charge is -2.09. The molecule has 0 aliphatic carbocycles. The van der Waals surface area contributed by atoms with Crippen LogP contribution in [0.15, 0.2) is 30.3 Å². The predicted octanol–water partition coefficient (Wildman–Crippen LogP) is 5.69. The lowest BCUT2D eigenvalue weighted by atomic mass is 10.1. The van der Waals surface area contributed by atoms with Gasteiger partial charge in [0.15, 0.2) is 0 Å². The first kappa shape index (κ1) is 12.3. The highest BCUT2D eigenvalue weighted by Crippen LogP contribution is 2.36. The quantitative estimate of drug-likeness (QED) is 0.623. The van der Waals surface area contributed by atoms with Gasteiger partial charge in [0.2, 0.25) is 0 Å². The summed E-state index contributed by atoms with van der Waals surface area (Å²) in [6.45, 7) is 2.00. The molecule has 0 fully saturated rings. The molecule has 4 heteroatoms. The average molecular weight is 292 g/mol. The van der Waals surface area contributed by atoms with Gasteiger partial charge in [-0.05, 0) is 42.3 Å². The number of benzene rings is 1. The molecule has 0 nitrogen and oxygen atoms in total. The van der Waals surface area contributed by atoms with Crippen LogP contribution in [0.1, 0.15) is 21.4 Å². The van der Waals surface area contributed by atoms with Gasteiger partial charge in [-0.2, -0.15) is 0 Å². The van der Waals surface area contributed by atoms with Crippen molar-refractivity contribution in [2.24, 2.45) is 0 Å². The molecule has 0 bridgehead atoms. The number of hydrogen-bond donors (Lipinski definition) is 0. The van der Waals surface area contributed by atoms with Crippen molar-refractivity contribution in [3.63, 3.8) is 0 Å². The number of thiophene rings is 1. The smallest absolute Gasteiger partial charge is 0.0931 e. The molecule has 0 N–H and O–H groups in total. The van der Waals surface area contributed by atoms with E-state index in [2.05, 4.69) is 0 Å². The molecule has 0 saturated carbocycles. The van der Waals surface area contributed by atoms with Crippen LogP contribution in [0.2, 0.25) is 9.36 Å². The van der Waals surface area contributed by atoms with E-state index in [0.717, 1.165) is 20.3 Å². The standard InChI is InChI=1S/C12H9Cl3S/c1-7-4-8(6-9(13)5-7)12(15)10-2-3-11(14)16-10/h2-6,12H,1H3. The van der Waals surface area contributed by atoms with Crippen molar-refractivity contribution in [3.8, 4) is 0 Å². The van der Waals surface area contributed by atoms with E-state index in [1.165, 1.54) is 11.3 Å². The Balaban J connectivity index is 2.37. The third-order valence-electron chi connectivity index (χ3n) is 2.20. The zero-order valence-corrected chi connectivity index (χ0v) is 11.6. The number of aryl methyl sites for hydroxylation is 1. The second kappa shape index (κ2) is 4.97. The van der Waals surface area contributed by atoms with Gasteiger partial charge in [0.05, 0.1) is 9.71 Å². The van der Waals surface area contributed by atoms with Crippen LogP contribution in [0.5, 0.6) is 0 Å². The van der Waals surface area contributed by atoms with Crippen LogP contribution in [0, 0.1) is 6.92 Å². The van der Waals surface area contributed by atoms with Gasteiger partial charge in [0.25, 0.3) is 0 Å². The highest BCUT2D eigenvalue weighted by Gasteiger charge is 2.13. The minimum Gasteiger partial charge on any atom is -0.127 e. The summed E-state index contributed by atoms with van der Waals surface area (Å²) in [5.74, 6) is 0. The Hall–Kier alpha value is -0.210. The Morgan fingerprint density at radius 3 is 2.44 bits per heavy atom. The summed E-state index contributed by atoms with van der Waals surface area (Å²) in [6.07, 6.45) is 0. The van der Waals surface area contributed by atoms with Gasteiger partial charge in [0, 0.05) is 9.90 Å². The van der Waals surface area contributed by atoms with E-state index in [0.29, 0.717) is 5.02 Å². The molecule has 2 rings (SSSR count). The molecule has 0 spiro atoms. The first-order chi connectivity index (χ1) is 7.56. The van der Waals surface area contributed by atoms with Gasteiger partial charge in [-0.3, -0.25) is 0 Å². The lowest BCUT2D eigenvalue weighted by Crippen LogP contribution is -1.91. The molecule has 0 aliphatic rings. The number of rotatable bonds is 2. The normalized spacial score (nSPS) is 12.8. The van der Waals surface area contributed by atoms with E-state index in [-0.39, 0.29) is 5.38 Å². The first-order valence-corrected chi connectivity index (χ1v) is 6.73. The van der Waals surface area contributed by atoms with Crippen LogP contribution in [-0.4, -0.2) is 0 Å². The fourth-order valence-electron chi connectivity index (χ4n) is 1.54. The van der Waals surface area contributed by atoms with Crippen molar-refractivity contribution in [2.75, 3.05) is 0 Å². The van der Waals surface area contributed by atoms with Gasteiger partial charge in [-0.15, -0.1) is 22.9 Å². The van der Waals surface area contributed by atoms with E-state index < -0.39 is 0 Å². The molecule has 0 aliphatic heterocycles. The zero-order chi connectivity index (χ0) is 11.7. The van der Waals surface area contributed by atoms with Gasteiger partial charge in [0.1, 0.15) is 0 Å². The molecule has 84 valence electrons. The van der Waals surface area contributed by atoms with Gasteiger partial charge in [-0.1, -0.05) is 29.3 Å². The topological polar surface area (TPSA) is 0 Å². The van der Waals surface area contributed by atoms with Gasteiger partial charge < -0.3 is 0 Å². The second-order valence-corrected chi connectivity index (χ2v) is 6.19. The molecule has 2 aromatic rings. The third kappa shape index (κ3) is 2.72. The van der Waals surface area contributed by atoms with Gasteiger partial charge in [-0.25, -0.2) is 0 Å². The fourth-order valence-corrected chi connectivity index (χ4v) is 3.24. The maximum absolute atomic E-state index is 6.38. The van der Waals surface area contributed by atoms with Crippen molar-refractivity contribution in [1.29, 1.82) is 0 Å². The van der Waals surface area contributed by atoms with Crippen molar-refractivity contribution >= 4 is 46.1 Å². The Kier molecular flexibility index (Phi) is 3.81. The summed E-state index contributed by atoms with van der Waals surface area (Å²) in [4.78, 5) is 1.04. The number of alkyl halides is 1. The highest BCUT2D eigenvalue weighted by atomic mass is 35.5. The van der Waals surface area contributed by atoms with Crippen LogP contribution in [0.4, 0.5) is 0 Å². The summed E-state index contributed by atoms with van der Waals surface area (Å²) >= 11 is 19.8. The molecule has 0 amide bonds. The van der Waals surface area contributed by atoms with Crippen LogP contribution in [-0.2, 0) is 0 Å². The van der Waals surface area contributed by atoms with E-state index >= 15 is 0 Å². The lowest BCUT2D eigenvalue weighted by molar-refractivity contribution is 1.17. The molecule has 0 saturated heterocycles. The average Bonchev–Trinajstić information content (AvgIpc) is 2.62. The van der Waals surface area contributed by atoms with Crippen LogP contribution < -0.4 is 0 Å². The Labute approximate surface area is 114 Å². The molecule has 0 radical (unpaired) electrons. The Bertz CT molecular complexity index is 484. The van der Waals surface area contributed by atoms with Gasteiger partial charge >= 0.3 is 0 Å². The van der Waals surface area contributed by atoms with Crippen molar-refractivity contribution in [1.82, 2.24) is 0 Å². The zero-order valence-electron chi connectivity index (χ0n) is 8.51. The van der Waals surface area contributed by atoms with E-state index in [9.17, 15) is 0 Å². The van der Waals surface area contributed by atoms with Crippen molar-refractivity contribution in [2.45, 2.75) is 12.3 Å². The van der Waals surface area contributed by atoms with Crippen LogP contribution in [0.3, 0.4) is 0 Å². The summed E-state index contributed by atoms with van der Waals surface area (Å²) in [5, 5.41) is 0.526. The summed E-state index contributed by atoms with van der Waals surface area (Å²) in [6, 6.07) is 9.64. The minimum atomic E-state index is -0.185. The monoisotopic (exact) mass is 290 g/mol. The molecular weight excluding hydrogens is 283 g/mol. The predicted molar refractivity (Wildman–Crippen MR) is 73.2 cm³/mol. The molecule has 1 heterocycles. The van der Waals surface area contributed by atoms with E-state index in [4.69, 9.17) is 34.8 Å². The summed E-state index contributed by atoms with van der Waals surface area (Å²) in [7, 11) is 0. The molecule has 1 atom stereocenters. The Morgan fingerprint density at radius 2 is 1.88 bits per heavy atom. The molecule has 16 heavy (non-hydrogen) atoms. The van der Waals surface area contributed by atoms with Crippen LogP contribution in [0.25, 0.3) is 0 Å². The van der Waals surface area contributed by atoms with Crippen molar-refractivity contribution < 1.29 is 0 Å². The second-order valence-electron chi connectivity index (χ2n) is 3.57. The van der Waals surface area contributed by atoms with E-state index in [1.54, 1.807) is 0 Å². The minimum absolute atomic E-state index is 0.185. The molecule has 1 aromatic heterocycles. The highest BCUT2D eigenvalue weighted by molar-refractivity contribution is 7.16. The Morgan fingerprint density at radius 1 is 1.12 bits per heavy atom. The van der Waals surface area contributed by atoms with Crippen molar-refractivity contribution in [3.05, 3.63) is 55.7 Å². The molecule has 1 unspecified atom stereocenters. The number of hydrogen-bond acceptors (Lipinski definition) is 1. The maximum Gasteiger partial charge on any atom is 0.0931 e. The number of halogens is 3. The summed E-state index contributed by atoms with van der Waals surface area (Å²) < 4.78 is 0.749. The maximum atomic E-state index is 6.38. The molecule has 1 aromatic carbocycles.